The summed E-state index contributed by atoms with van der Waals surface area (Å²) in [4.78, 5) is 12.5. The predicted octanol–water partition coefficient (Wildman–Crippen LogP) is 5.71. The van der Waals surface area contributed by atoms with Crippen molar-refractivity contribution in [2.75, 3.05) is 0 Å². The van der Waals surface area contributed by atoms with E-state index in [0.29, 0.717) is 6.42 Å². The number of ketones is 1. The monoisotopic (exact) mass is 308 g/mol. The molecular weight excluding hydrogens is 280 g/mol. The van der Waals surface area contributed by atoms with Crippen LogP contribution in [0.15, 0.2) is 48.5 Å². The minimum absolute atomic E-state index is 0.115. The first-order chi connectivity index (χ1) is 10.6. The van der Waals surface area contributed by atoms with E-state index in [-0.39, 0.29) is 16.6 Å². The van der Waals surface area contributed by atoms with Crippen molar-refractivity contribution in [2.45, 2.75) is 58.8 Å². The van der Waals surface area contributed by atoms with Crippen LogP contribution in [0.5, 0.6) is 0 Å². The quantitative estimate of drug-likeness (QED) is 0.664. The molecule has 0 radical (unpaired) electrons. The third kappa shape index (κ3) is 4.54. The lowest BCUT2D eigenvalue weighted by Gasteiger charge is -2.19. The summed E-state index contributed by atoms with van der Waals surface area (Å²) in [5, 5.41) is 0. The maximum atomic E-state index is 12.5. The summed E-state index contributed by atoms with van der Waals surface area (Å²) in [6.07, 6.45) is 0.458. The van der Waals surface area contributed by atoms with Crippen LogP contribution in [0.3, 0.4) is 0 Å². The molecular formula is C22H28O. The Hall–Kier alpha value is -1.89. The Balaban J connectivity index is 2.10. The van der Waals surface area contributed by atoms with E-state index in [2.05, 4.69) is 77.9 Å². The van der Waals surface area contributed by atoms with Crippen LogP contribution in [0, 0.1) is 0 Å². The number of hydrogen-bond donors (Lipinski definition) is 0. The molecule has 0 aromatic heterocycles. The van der Waals surface area contributed by atoms with E-state index < -0.39 is 0 Å². The van der Waals surface area contributed by atoms with Gasteiger partial charge in [-0.3, -0.25) is 4.79 Å². The molecule has 23 heavy (non-hydrogen) atoms. The van der Waals surface area contributed by atoms with Gasteiger partial charge in [-0.1, -0.05) is 90.1 Å². The first-order valence-corrected chi connectivity index (χ1v) is 8.30. The van der Waals surface area contributed by atoms with E-state index in [9.17, 15) is 4.79 Å². The van der Waals surface area contributed by atoms with E-state index in [0.717, 1.165) is 11.1 Å². The molecule has 0 aliphatic carbocycles. The fourth-order valence-electron chi connectivity index (χ4n) is 2.57. The number of benzene rings is 2. The second-order valence-corrected chi connectivity index (χ2v) is 8.37. The molecule has 0 N–H and O–H groups in total. The zero-order valence-corrected chi connectivity index (χ0v) is 15.2. The summed E-state index contributed by atoms with van der Waals surface area (Å²) in [5.74, 6) is 0.175. The van der Waals surface area contributed by atoms with Crippen LogP contribution in [0.4, 0.5) is 0 Å². The third-order valence-corrected chi connectivity index (χ3v) is 4.26. The summed E-state index contributed by atoms with van der Waals surface area (Å²) in [6, 6.07) is 16.4. The summed E-state index contributed by atoms with van der Waals surface area (Å²) in [6.45, 7) is 13.1. The van der Waals surface area contributed by atoms with Crippen LogP contribution < -0.4 is 0 Å². The molecule has 0 aliphatic rings. The number of hydrogen-bond acceptors (Lipinski definition) is 1. The van der Waals surface area contributed by atoms with Crippen molar-refractivity contribution in [3.8, 4) is 0 Å². The van der Waals surface area contributed by atoms with Gasteiger partial charge in [0.05, 0.1) is 0 Å². The van der Waals surface area contributed by atoms with Gasteiger partial charge in [0.1, 0.15) is 0 Å². The third-order valence-electron chi connectivity index (χ3n) is 4.26. The summed E-state index contributed by atoms with van der Waals surface area (Å²) in [5.41, 5.74) is 4.67. The molecule has 0 heterocycles. The molecule has 0 saturated heterocycles. The fourth-order valence-corrected chi connectivity index (χ4v) is 2.57. The van der Waals surface area contributed by atoms with Crippen LogP contribution >= 0.6 is 0 Å². The topological polar surface area (TPSA) is 17.1 Å². The molecule has 1 nitrogen and oxygen atoms in total. The first kappa shape index (κ1) is 17.5. The van der Waals surface area contributed by atoms with Gasteiger partial charge in [0, 0.05) is 12.0 Å². The smallest absolute Gasteiger partial charge is 0.167 e. The Labute approximate surface area is 140 Å². The average Bonchev–Trinajstić information content (AvgIpc) is 2.46. The molecule has 0 aliphatic heterocycles. The molecule has 0 spiro atoms. The maximum Gasteiger partial charge on any atom is 0.167 e. The van der Waals surface area contributed by atoms with Gasteiger partial charge in [-0.2, -0.15) is 0 Å². The minimum atomic E-state index is 0.115. The molecule has 1 heteroatoms. The Morgan fingerprint density at radius 1 is 0.696 bits per heavy atom. The van der Waals surface area contributed by atoms with Crippen LogP contribution in [0.1, 0.15) is 68.6 Å². The second-order valence-electron chi connectivity index (χ2n) is 8.37. The van der Waals surface area contributed by atoms with Crippen molar-refractivity contribution < 1.29 is 4.79 Å². The lowest BCUT2D eigenvalue weighted by atomic mass is 9.85. The van der Waals surface area contributed by atoms with Crippen molar-refractivity contribution in [1.29, 1.82) is 0 Å². The molecule has 0 fully saturated rings. The maximum absolute atomic E-state index is 12.5. The van der Waals surface area contributed by atoms with E-state index in [4.69, 9.17) is 0 Å². The highest BCUT2D eigenvalue weighted by molar-refractivity contribution is 5.97. The zero-order valence-electron chi connectivity index (χ0n) is 15.2. The molecule has 122 valence electrons. The van der Waals surface area contributed by atoms with Crippen molar-refractivity contribution in [3.63, 3.8) is 0 Å². The Morgan fingerprint density at radius 3 is 1.48 bits per heavy atom. The molecule has 0 bridgehead atoms. The van der Waals surface area contributed by atoms with Gasteiger partial charge in [0.25, 0.3) is 0 Å². The molecule has 2 aromatic carbocycles. The summed E-state index contributed by atoms with van der Waals surface area (Å²) >= 11 is 0. The van der Waals surface area contributed by atoms with Crippen LogP contribution in [-0.2, 0) is 17.3 Å². The van der Waals surface area contributed by atoms with E-state index in [1.807, 2.05) is 12.1 Å². The normalized spacial score (nSPS) is 12.3. The Morgan fingerprint density at radius 2 is 1.09 bits per heavy atom. The van der Waals surface area contributed by atoms with E-state index >= 15 is 0 Å². The lowest BCUT2D eigenvalue weighted by molar-refractivity contribution is 0.0993. The van der Waals surface area contributed by atoms with Crippen LogP contribution in [-0.4, -0.2) is 5.78 Å². The van der Waals surface area contributed by atoms with Crippen molar-refractivity contribution in [2.24, 2.45) is 0 Å². The Bertz CT molecular complexity index is 662. The number of carbonyl (C=O) groups excluding carboxylic acids is 1. The van der Waals surface area contributed by atoms with Crippen LogP contribution in [0.25, 0.3) is 0 Å². The SMILES string of the molecule is CC(C)(C)c1ccc(CC(=O)c2ccc(C(C)(C)C)cc2)cc1. The highest BCUT2D eigenvalue weighted by Gasteiger charge is 2.15. The van der Waals surface area contributed by atoms with Gasteiger partial charge in [0.15, 0.2) is 5.78 Å². The average molecular weight is 308 g/mol. The van der Waals surface area contributed by atoms with Crippen LogP contribution in [0.2, 0.25) is 0 Å². The minimum Gasteiger partial charge on any atom is -0.294 e. The molecule has 2 rings (SSSR count). The first-order valence-electron chi connectivity index (χ1n) is 8.30. The molecule has 0 atom stereocenters. The molecule has 0 saturated carbocycles. The lowest BCUT2D eigenvalue weighted by Crippen LogP contribution is -2.12. The largest absolute Gasteiger partial charge is 0.294 e. The van der Waals surface area contributed by atoms with Crippen molar-refractivity contribution in [1.82, 2.24) is 0 Å². The highest BCUT2D eigenvalue weighted by Crippen LogP contribution is 2.24. The number of rotatable bonds is 3. The Kier molecular flexibility index (Phi) is 4.79. The van der Waals surface area contributed by atoms with Gasteiger partial charge >= 0.3 is 0 Å². The van der Waals surface area contributed by atoms with Gasteiger partial charge in [-0.15, -0.1) is 0 Å². The van der Waals surface area contributed by atoms with Gasteiger partial charge in [-0.25, -0.2) is 0 Å². The number of Topliss-reactive ketones (excluding diaryl/α,β-unsaturated/α-hetero) is 1. The predicted molar refractivity (Wildman–Crippen MR) is 98.3 cm³/mol. The number of carbonyl (C=O) groups is 1. The van der Waals surface area contributed by atoms with Gasteiger partial charge in [0.2, 0.25) is 0 Å². The fraction of sp³-hybridized carbons (Fsp3) is 0.409. The summed E-state index contributed by atoms with van der Waals surface area (Å²) in [7, 11) is 0. The molecule has 0 unspecified atom stereocenters. The van der Waals surface area contributed by atoms with Crippen molar-refractivity contribution in [3.05, 3.63) is 70.8 Å². The van der Waals surface area contributed by atoms with Crippen molar-refractivity contribution >= 4 is 5.78 Å². The summed E-state index contributed by atoms with van der Waals surface area (Å²) < 4.78 is 0. The van der Waals surface area contributed by atoms with E-state index in [1.54, 1.807) is 0 Å². The highest BCUT2D eigenvalue weighted by atomic mass is 16.1. The van der Waals surface area contributed by atoms with Gasteiger partial charge in [-0.05, 0) is 27.5 Å². The standard InChI is InChI=1S/C22H28O/c1-21(2,3)18-11-7-16(8-12-18)15-20(23)17-9-13-19(14-10-17)22(4,5)6/h7-14H,15H2,1-6H3. The zero-order chi connectivity index (χ0) is 17.3. The molecule has 0 amide bonds. The molecule has 2 aromatic rings. The second kappa shape index (κ2) is 6.31. The van der Waals surface area contributed by atoms with Gasteiger partial charge < -0.3 is 0 Å². The van der Waals surface area contributed by atoms with E-state index in [1.165, 1.54) is 11.1 Å².